The Bertz CT molecular complexity index is 2160. The van der Waals surface area contributed by atoms with Crippen LogP contribution in [0.4, 0.5) is 0 Å². The average Bonchev–Trinajstić information content (AvgIpc) is 3.53. The maximum Gasteiger partial charge on any atom is 0.338 e. The number of nitrogens with zero attached hydrogens (tertiary/aromatic N) is 4. The van der Waals surface area contributed by atoms with Crippen molar-refractivity contribution in [1.82, 2.24) is 9.13 Å². The third-order valence-electron chi connectivity index (χ3n) is 7.61. The van der Waals surface area contributed by atoms with Crippen LogP contribution in [-0.2, 0) is 16.1 Å². The normalized spacial score (nSPS) is 14.7. The highest BCUT2D eigenvalue weighted by Gasteiger charge is 2.35. The molecule has 3 heterocycles. The summed E-state index contributed by atoms with van der Waals surface area (Å²) in [5, 5.41) is 10.6. The Morgan fingerprint density at radius 1 is 1.05 bits per heavy atom. The fourth-order valence-corrected chi connectivity index (χ4v) is 6.73. The van der Waals surface area contributed by atoms with E-state index >= 15 is 0 Å². The van der Waals surface area contributed by atoms with Crippen LogP contribution in [0.5, 0.6) is 5.75 Å². The summed E-state index contributed by atoms with van der Waals surface area (Å²) in [4.78, 5) is 32.8. The fourth-order valence-electron chi connectivity index (χ4n) is 5.69. The van der Waals surface area contributed by atoms with E-state index in [9.17, 15) is 14.9 Å². The molecule has 0 saturated heterocycles. The van der Waals surface area contributed by atoms with E-state index in [1.807, 2.05) is 92.0 Å². The molecule has 5 aromatic rings. The Labute approximate surface area is 258 Å². The van der Waals surface area contributed by atoms with Crippen molar-refractivity contribution >= 4 is 34.3 Å². The molecular formula is C35H30N4O4S. The minimum atomic E-state index is -0.765. The zero-order chi connectivity index (χ0) is 30.8. The topological polar surface area (TPSA) is 98.6 Å². The molecule has 220 valence electrons. The molecule has 1 aliphatic rings. The summed E-state index contributed by atoms with van der Waals surface area (Å²) in [5.74, 6) is 0.0758. The van der Waals surface area contributed by atoms with Gasteiger partial charge in [0.1, 0.15) is 11.8 Å². The van der Waals surface area contributed by atoms with Gasteiger partial charge in [0, 0.05) is 34.8 Å². The SMILES string of the molecule is CCOC(=O)C1=C(C)N=c2s/c(=C\c3cn(Cc4ccccc4C#N)c4ccccc34)c(=O)n2[C@@H]1c1ccccc1OCC. The molecule has 3 aromatic carbocycles. The molecule has 2 aromatic heterocycles. The van der Waals surface area contributed by atoms with Crippen molar-refractivity contribution in [2.45, 2.75) is 33.4 Å². The molecule has 6 rings (SSSR count). The number of fused-ring (bicyclic) bond motifs is 2. The summed E-state index contributed by atoms with van der Waals surface area (Å²) in [6.07, 6.45) is 3.89. The summed E-state index contributed by atoms with van der Waals surface area (Å²) in [7, 11) is 0. The first-order chi connectivity index (χ1) is 21.4. The van der Waals surface area contributed by atoms with Crippen molar-refractivity contribution in [3.05, 3.63) is 132 Å². The molecule has 1 atom stereocenters. The van der Waals surface area contributed by atoms with Gasteiger partial charge in [-0.05, 0) is 50.6 Å². The lowest BCUT2D eigenvalue weighted by molar-refractivity contribution is -0.139. The number of carbonyl (C=O) groups excluding carboxylic acids is 1. The van der Waals surface area contributed by atoms with Gasteiger partial charge in [-0.15, -0.1) is 0 Å². The van der Waals surface area contributed by atoms with Crippen LogP contribution in [0.2, 0.25) is 0 Å². The first-order valence-corrected chi connectivity index (χ1v) is 15.2. The number of para-hydroxylation sites is 2. The van der Waals surface area contributed by atoms with E-state index in [4.69, 9.17) is 14.5 Å². The summed E-state index contributed by atoms with van der Waals surface area (Å²) in [6.45, 7) is 6.55. The first kappa shape index (κ1) is 28.9. The predicted octanol–water partition coefficient (Wildman–Crippen LogP) is 5.07. The average molecular weight is 603 g/mol. The molecule has 1 aliphatic heterocycles. The molecular weight excluding hydrogens is 572 g/mol. The number of esters is 1. The summed E-state index contributed by atoms with van der Waals surface area (Å²) in [5.41, 5.74) is 4.64. The quantitative estimate of drug-likeness (QED) is 0.231. The maximum atomic E-state index is 14.2. The van der Waals surface area contributed by atoms with Crippen molar-refractivity contribution < 1.29 is 14.3 Å². The van der Waals surface area contributed by atoms with Gasteiger partial charge in [0.05, 0.1) is 40.6 Å². The molecule has 0 bridgehead atoms. The second-order valence-electron chi connectivity index (χ2n) is 10.3. The van der Waals surface area contributed by atoms with E-state index in [0.29, 0.717) is 50.6 Å². The highest BCUT2D eigenvalue weighted by molar-refractivity contribution is 7.07. The van der Waals surface area contributed by atoms with Gasteiger partial charge in [0.25, 0.3) is 5.56 Å². The lowest BCUT2D eigenvalue weighted by Gasteiger charge is -2.26. The van der Waals surface area contributed by atoms with Crippen LogP contribution in [0.25, 0.3) is 17.0 Å². The predicted molar refractivity (Wildman–Crippen MR) is 170 cm³/mol. The van der Waals surface area contributed by atoms with Crippen LogP contribution in [0.15, 0.2) is 100 Å². The molecule has 44 heavy (non-hydrogen) atoms. The van der Waals surface area contributed by atoms with Gasteiger partial charge in [0.15, 0.2) is 4.80 Å². The van der Waals surface area contributed by atoms with Gasteiger partial charge in [-0.25, -0.2) is 9.79 Å². The van der Waals surface area contributed by atoms with Crippen LogP contribution in [-0.4, -0.2) is 28.3 Å². The van der Waals surface area contributed by atoms with Gasteiger partial charge < -0.3 is 14.0 Å². The molecule has 0 radical (unpaired) electrons. The lowest BCUT2D eigenvalue weighted by atomic mass is 9.95. The monoisotopic (exact) mass is 602 g/mol. The summed E-state index contributed by atoms with van der Waals surface area (Å²) in [6, 6.07) is 24.5. The zero-order valence-electron chi connectivity index (χ0n) is 24.6. The smallest absolute Gasteiger partial charge is 0.338 e. The van der Waals surface area contributed by atoms with Crippen LogP contribution < -0.4 is 19.6 Å². The van der Waals surface area contributed by atoms with E-state index in [2.05, 4.69) is 10.6 Å². The molecule has 0 unspecified atom stereocenters. The first-order valence-electron chi connectivity index (χ1n) is 14.4. The maximum absolute atomic E-state index is 14.2. The highest BCUT2D eigenvalue weighted by Crippen LogP contribution is 2.36. The third kappa shape index (κ3) is 5.14. The number of ether oxygens (including phenoxy) is 2. The minimum absolute atomic E-state index is 0.197. The number of hydrogen-bond donors (Lipinski definition) is 0. The molecule has 0 spiro atoms. The van der Waals surface area contributed by atoms with E-state index < -0.39 is 12.0 Å². The molecule has 0 saturated carbocycles. The largest absolute Gasteiger partial charge is 0.494 e. The molecule has 8 nitrogen and oxygen atoms in total. The Hall–Kier alpha value is -5.20. The lowest BCUT2D eigenvalue weighted by Crippen LogP contribution is -2.40. The molecule has 0 fully saturated rings. The second kappa shape index (κ2) is 12.2. The van der Waals surface area contributed by atoms with Crippen molar-refractivity contribution in [3.8, 4) is 11.8 Å². The number of thiazole rings is 1. The molecule has 0 amide bonds. The second-order valence-corrected chi connectivity index (χ2v) is 11.3. The van der Waals surface area contributed by atoms with Crippen molar-refractivity contribution in [1.29, 1.82) is 5.26 Å². The fraction of sp³-hybridized carbons (Fsp3) is 0.200. The minimum Gasteiger partial charge on any atom is -0.494 e. The summed E-state index contributed by atoms with van der Waals surface area (Å²) >= 11 is 1.28. The Morgan fingerprint density at radius 2 is 1.80 bits per heavy atom. The van der Waals surface area contributed by atoms with Crippen molar-refractivity contribution in [3.63, 3.8) is 0 Å². The Balaban J connectivity index is 1.53. The van der Waals surface area contributed by atoms with Crippen LogP contribution in [0, 0.1) is 11.3 Å². The van der Waals surface area contributed by atoms with Crippen LogP contribution >= 0.6 is 11.3 Å². The van der Waals surface area contributed by atoms with Crippen LogP contribution in [0.1, 0.15) is 49.1 Å². The van der Waals surface area contributed by atoms with E-state index in [1.54, 1.807) is 18.4 Å². The Morgan fingerprint density at radius 3 is 2.59 bits per heavy atom. The van der Waals surface area contributed by atoms with Crippen molar-refractivity contribution in [2.75, 3.05) is 13.2 Å². The number of benzene rings is 3. The number of hydrogen-bond acceptors (Lipinski definition) is 7. The van der Waals surface area contributed by atoms with E-state index in [-0.39, 0.29) is 12.2 Å². The number of aromatic nitrogens is 2. The van der Waals surface area contributed by atoms with Gasteiger partial charge in [-0.1, -0.05) is 65.9 Å². The third-order valence-corrected chi connectivity index (χ3v) is 8.60. The number of rotatable bonds is 8. The zero-order valence-corrected chi connectivity index (χ0v) is 25.4. The Kier molecular flexibility index (Phi) is 8.01. The van der Waals surface area contributed by atoms with Crippen molar-refractivity contribution in [2.24, 2.45) is 4.99 Å². The molecule has 0 N–H and O–H groups in total. The van der Waals surface area contributed by atoms with Crippen LogP contribution in [0.3, 0.4) is 0 Å². The van der Waals surface area contributed by atoms with Gasteiger partial charge in [-0.3, -0.25) is 9.36 Å². The van der Waals surface area contributed by atoms with Gasteiger partial charge in [0.2, 0.25) is 0 Å². The van der Waals surface area contributed by atoms with E-state index in [1.165, 1.54) is 11.3 Å². The highest BCUT2D eigenvalue weighted by atomic mass is 32.1. The van der Waals surface area contributed by atoms with Gasteiger partial charge in [-0.2, -0.15) is 5.26 Å². The number of allylic oxidation sites excluding steroid dienone is 1. The van der Waals surface area contributed by atoms with E-state index in [0.717, 1.165) is 22.0 Å². The van der Waals surface area contributed by atoms with Gasteiger partial charge >= 0.3 is 5.97 Å². The molecule has 9 heteroatoms. The number of carbonyl (C=O) groups is 1. The molecule has 0 aliphatic carbocycles. The number of nitriles is 1. The standard InChI is InChI=1S/C35H30N4O4S/c1-4-42-29-17-11-9-15-27(29)32-31(34(41)43-5-2)22(3)37-35-39(32)33(40)30(44-35)18-25-21-38(28-16-10-8-14-26(25)28)20-24-13-7-6-12-23(24)19-36/h6-18,21,32H,4-5,20H2,1-3H3/b30-18-/t32-/m1/s1. The summed E-state index contributed by atoms with van der Waals surface area (Å²) < 4.78 is 15.5.